The maximum atomic E-state index is 12.6. The molecule has 6 aliphatic carbocycles. The van der Waals surface area contributed by atoms with Crippen LogP contribution in [0, 0.1) is 69.5 Å². The summed E-state index contributed by atoms with van der Waals surface area (Å²) in [7, 11) is 0. The van der Waals surface area contributed by atoms with E-state index in [0.29, 0.717) is 19.3 Å². The quantitative estimate of drug-likeness (QED) is 0.115. The zero-order valence-electron chi connectivity index (χ0n) is 44.7. The molecule has 402 valence electrons. The van der Waals surface area contributed by atoms with Gasteiger partial charge in [-0.25, -0.2) is 9.59 Å². The second-order valence-electron chi connectivity index (χ2n) is 24.9. The number of fused-ring (bicyclic) bond motifs is 3. The van der Waals surface area contributed by atoms with Gasteiger partial charge >= 0.3 is 53.7 Å². The first-order valence-corrected chi connectivity index (χ1v) is 26.3. The molecule has 0 aromatic carbocycles. The molecule has 3 saturated heterocycles. The van der Waals surface area contributed by atoms with Crippen molar-refractivity contribution in [3.63, 3.8) is 0 Å². The van der Waals surface area contributed by atoms with Gasteiger partial charge < -0.3 is 42.6 Å². The summed E-state index contributed by atoms with van der Waals surface area (Å²) in [4.78, 5) is 109. The van der Waals surface area contributed by atoms with E-state index in [-0.39, 0.29) is 108 Å². The minimum absolute atomic E-state index is 0.00127. The molecule has 9 fully saturated rings. The van der Waals surface area contributed by atoms with Crippen LogP contribution in [0.1, 0.15) is 161 Å². The van der Waals surface area contributed by atoms with Gasteiger partial charge in [0, 0.05) is 35.5 Å². The van der Waals surface area contributed by atoms with Gasteiger partial charge in [-0.2, -0.15) is 0 Å². The zero-order valence-corrected chi connectivity index (χ0v) is 44.7. The first-order chi connectivity index (χ1) is 33.3. The summed E-state index contributed by atoms with van der Waals surface area (Å²) in [6.45, 7) is 24.5. The van der Waals surface area contributed by atoms with Gasteiger partial charge in [0.05, 0.1) is 40.4 Å². The smallest absolute Gasteiger partial charge is 0.350 e. The summed E-state index contributed by atoms with van der Waals surface area (Å²) in [5, 5.41) is 0. The van der Waals surface area contributed by atoms with Gasteiger partial charge in [-0.15, -0.1) is 0 Å². The van der Waals surface area contributed by atoms with Crippen LogP contribution >= 0.6 is 0 Å². The predicted octanol–water partition coefficient (Wildman–Crippen LogP) is 6.71. The van der Waals surface area contributed by atoms with Crippen LogP contribution in [0.2, 0.25) is 0 Å². The lowest BCUT2D eigenvalue weighted by molar-refractivity contribution is -0.192. The summed E-state index contributed by atoms with van der Waals surface area (Å²) in [5.74, 6) is -2.12. The highest BCUT2D eigenvalue weighted by atomic mass is 16.6. The highest BCUT2D eigenvalue weighted by molar-refractivity contribution is 5.85. The highest BCUT2D eigenvalue weighted by Crippen LogP contribution is 2.58. The summed E-state index contributed by atoms with van der Waals surface area (Å²) in [5.41, 5.74) is -4.17. The Hall–Kier alpha value is -4.77. The molecule has 0 radical (unpaired) electrons. The molecule has 72 heavy (non-hydrogen) atoms. The van der Waals surface area contributed by atoms with Crippen LogP contribution in [0.4, 0.5) is 0 Å². The van der Waals surface area contributed by atoms with Crippen molar-refractivity contribution in [2.75, 3.05) is 0 Å². The Morgan fingerprint density at radius 2 is 0.861 bits per heavy atom. The monoisotopic (exact) mass is 1010 g/mol. The Bertz CT molecular complexity index is 2190. The summed E-state index contributed by atoms with van der Waals surface area (Å²) < 4.78 is 49.2. The van der Waals surface area contributed by atoms with Crippen molar-refractivity contribution in [3.05, 3.63) is 0 Å². The van der Waals surface area contributed by atoms with Crippen molar-refractivity contribution >= 4 is 53.7 Å². The molecule has 3 heterocycles. The van der Waals surface area contributed by atoms with Crippen molar-refractivity contribution in [1.29, 1.82) is 0 Å². The van der Waals surface area contributed by atoms with Crippen LogP contribution in [0.5, 0.6) is 0 Å². The number of ether oxygens (including phenoxy) is 9. The van der Waals surface area contributed by atoms with E-state index in [2.05, 4.69) is 0 Å². The Morgan fingerprint density at radius 1 is 0.500 bits per heavy atom. The molecular formula is C54H78O18. The van der Waals surface area contributed by atoms with E-state index < -0.39 is 75.6 Å². The molecule has 9 rings (SSSR count). The molecule has 16 atom stereocenters. The van der Waals surface area contributed by atoms with Gasteiger partial charge in [0.15, 0.2) is 6.10 Å². The SMILES string of the molecule is CCC(C)(C)C(=O)OC(C)(C)C(=O)OC1C2CC3C(=O)OC1C3C2.CCC(C)(C)C(=O)OC(C)(C)CC(=O)OC1C2CC3C(=O)OC1C3C2.CCC(C)(C)C(=O)OC(C)C(=O)OC1C2CC3C(=O)OC1C3C2. The zero-order chi connectivity index (χ0) is 53.4. The first kappa shape index (κ1) is 55.0. The molecule has 0 amide bonds. The second-order valence-corrected chi connectivity index (χ2v) is 24.9. The van der Waals surface area contributed by atoms with Crippen molar-refractivity contribution in [3.8, 4) is 0 Å². The lowest BCUT2D eigenvalue weighted by atomic mass is 9.88. The Balaban J connectivity index is 0.000000159. The van der Waals surface area contributed by atoms with Crippen molar-refractivity contribution in [2.45, 2.75) is 215 Å². The third-order valence-corrected chi connectivity index (χ3v) is 17.7. The summed E-state index contributed by atoms with van der Waals surface area (Å²) in [6.07, 6.45) is 3.66. The molecular weight excluding hydrogens is 937 g/mol. The molecule has 9 aliphatic rings. The molecule has 6 saturated carbocycles. The molecule has 6 bridgehead atoms. The average Bonchev–Trinajstić information content (AvgIpc) is 4.19. The number of carbonyl (C=O) groups is 9. The van der Waals surface area contributed by atoms with Gasteiger partial charge in [0.25, 0.3) is 0 Å². The Kier molecular flexibility index (Phi) is 15.1. The van der Waals surface area contributed by atoms with Gasteiger partial charge in [-0.1, -0.05) is 20.8 Å². The standard InChI is InChI=1S/C19H28O6.C18H26O6.C17H24O6/c1-6-18(2,3)17(22)25-19(4,5)9-13(20)23-14-10-7-11-12(8-10)16(21)24-15(11)14;1-6-17(2,3)15(20)24-18(4,5)16(21)23-12-9-7-10-11(8-9)14(19)22-13(10)12;1-5-17(3,4)16(20)21-8(2)14(18)22-12-9-6-10-11(7-9)15(19)23-13(10)12/h10-12,14-15H,6-9H2,1-5H3;9-13H,6-8H2,1-5H3;8-13H,5-7H2,1-4H3. The topological polar surface area (TPSA) is 237 Å². The predicted molar refractivity (Wildman–Crippen MR) is 251 cm³/mol. The first-order valence-electron chi connectivity index (χ1n) is 26.3. The average molecular weight is 1020 g/mol. The molecule has 3 aliphatic heterocycles. The van der Waals surface area contributed by atoms with Gasteiger partial charge in [-0.05, 0) is 134 Å². The van der Waals surface area contributed by atoms with E-state index in [1.165, 1.54) is 20.8 Å². The van der Waals surface area contributed by atoms with Crippen LogP contribution in [-0.4, -0.2) is 108 Å². The highest BCUT2D eigenvalue weighted by Gasteiger charge is 2.66. The van der Waals surface area contributed by atoms with E-state index in [9.17, 15) is 43.2 Å². The Morgan fingerprint density at radius 3 is 1.26 bits per heavy atom. The fourth-order valence-corrected chi connectivity index (χ4v) is 11.9. The van der Waals surface area contributed by atoms with Gasteiger partial charge in [-0.3, -0.25) is 33.6 Å². The third-order valence-electron chi connectivity index (χ3n) is 17.7. The van der Waals surface area contributed by atoms with Crippen LogP contribution in [0.15, 0.2) is 0 Å². The molecule has 0 spiro atoms. The second kappa shape index (κ2) is 19.8. The number of rotatable bonds is 16. The van der Waals surface area contributed by atoms with E-state index in [0.717, 1.165) is 38.5 Å². The number of hydrogen-bond donors (Lipinski definition) is 0. The van der Waals surface area contributed by atoms with E-state index in [4.69, 9.17) is 42.6 Å². The van der Waals surface area contributed by atoms with Gasteiger partial charge in [0.2, 0.25) is 5.60 Å². The number of carbonyl (C=O) groups excluding carboxylic acids is 9. The van der Waals surface area contributed by atoms with E-state index in [1.807, 2.05) is 34.6 Å². The maximum absolute atomic E-state index is 12.6. The van der Waals surface area contributed by atoms with Gasteiger partial charge in [0.1, 0.15) is 42.2 Å². The minimum atomic E-state index is -1.37. The Labute approximate surface area is 423 Å². The third kappa shape index (κ3) is 10.6. The van der Waals surface area contributed by atoms with E-state index in [1.54, 1.807) is 41.5 Å². The largest absolute Gasteiger partial charge is 0.459 e. The van der Waals surface area contributed by atoms with Crippen molar-refractivity contribution < 1.29 is 85.8 Å². The van der Waals surface area contributed by atoms with E-state index >= 15 is 0 Å². The van der Waals surface area contributed by atoms with Crippen molar-refractivity contribution in [1.82, 2.24) is 0 Å². The van der Waals surface area contributed by atoms with Crippen molar-refractivity contribution in [2.24, 2.45) is 69.5 Å². The van der Waals surface area contributed by atoms with Crippen LogP contribution < -0.4 is 0 Å². The van der Waals surface area contributed by atoms with Crippen LogP contribution in [0.25, 0.3) is 0 Å². The lowest BCUT2D eigenvalue weighted by Crippen LogP contribution is -2.46. The van der Waals surface area contributed by atoms with Crippen LogP contribution in [-0.2, 0) is 85.8 Å². The lowest BCUT2D eigenvalue weighted by Gasteiger charge is -2.32. The number of hydrogen-bond acceptors (Lipinski definition) is 18. The molecule has 0 aromatic heterocycles. The maximum Gasteiger partial charge on any atom is 0.350 e. The fraction of sp³-hybridized carbons (Fsp3) is 0.833. The molecule has 18 nitrogen and oxygen atoms in total. The molecule has 16 unspecified atom stereocenters. The minimum Gasteiger partial charge on any atom is -0.459 e. The number of esters is 9. The molecule has 0 aromatic rings. The normalized spacial score (nSPS) is 34.4. The molecule has 18 heteroatoms. The fourth-order valence-electron chi connectivity index (χ4n) is 11.9. The summed E-state index contributed by atoms with van der Waals surface area (Å²) in [6, 6.07) is 0. The molecule has 0 N–H and O–H groups in total. The van der Waals surface area contributed by atoms with Crippen LogP contribution in [0.3, 0.4) is 0 Å². The summed E-state index contributed by atoms with van der Waals surface area (Å²) >= 11 is 0.